The van der Waals surface area contributed by atoms with E-state index in [1.54, 1.807) is 6.20 Å². The van der Waals surface area contributed by atoms with Crippen LogP contribution in [0.3, 0.4) is 0 Å². The van der Waals surface area contributed by atoms with Crippen LogP contribution < -0.4 is 11.1 Å². The zero-order valence-corrected chi connectivity index (χ0v) is 10.7. The van der Waals surface area contributed by atoms with Gasteiger partial charge in [0.15, 0.2) is 0 Å². The van der Waals surface area contributed by atoms with Crippen LogP contribution in [0.5, 0.6) is 0 Å². The first kappa shape index (κ1) is 11.6. The summed E-state index contributed by atoms with van der Waals surface area (Å²) in [6, 6.07) is 11.6. The highest BCUT2D eigenvalue weighted by Gasteiger charge is 2.05. The van der Waals surface area contributed by atoms with Crippen molar-refractivity contribution in [2.75, 3.05) is 11.1 Å². The van der Waals surface area contributed by atoms with Gasteiger partial charge in [0.1, 0.15) is 11.5 Å². The van der Waals surface area contributed by atoms with Gasteiger partial charge in [0.05, 0.1) is 17.7 Å². The Bertz CT molecular complexity index is 718. The van der Waals surface area contributed by atoms with E-state index < -0.39 is 0 Å². The number of aryl methyl sites for hydroxylation is 1. The molecular formula is C15H15N3O. The number of anilines is 2. The second kappa shape index (κ2) is 4.65. The molecule has 0 unspecified atom stereocenters. The molecule has 3 aromatic rings. The molecular weight excluding hydrogens is 238 g/mol. The topological polar surface area (TPSA) is 64.1 Å². The average Bonchev–Trinajstić information content (AvgIpc) is 2.84. The van der Waals surface area contributed by atoms with Gasteiger partial charge in [-0.15, -0.1) is 0 Å². The fourth-order valence-electron chi connectivity index (χ4n) is 2.10. The molecule has 0 atom stereocenters. The molecule has 4 heteroatoms. The van der Waals surface area contributed by atoms with E-state index in [9.17, 15) is 0 Å². The first-order valence-corrected chi connectivity index (χ1v) is 6.16. The standard InChI is InChI=1S/C15H15N3O/c1-10-4-5-11(19-10)9-18-14-7-6-13(16)12-3-2-8-17-15(12)14/h2-8,18H,9,16H2,1H3. The molecule has 96 valence electrons. The largest absolute Gasteiger partial charge is 0.465 e. The highest BCUT2D eigenvalue weighted by Crippen LogP contribution is 2.26. The molecule has 19 heavy (non-hydrogen) atoms. The van der Waals surface area contributed by atoms with E-state index >= 15 is 0 Å². The van der Waals surface area contributed by atoms with Crippen LogP contribution in [-0.4, -0.2) is 4.98 Å². The molecule has 2 heterocycles. The van der Waals surface area contributed by atoms with Crippen molar-refractivity contribution in [3.05, 3.63) is 54.1 Å². The summed E-state index contributed by atoms with van der Waals surface area (Å²) in [4.78, 5) is 4.39. The normalized spacial score (nSPS) is 10.8. The summed E-state index contributed by atoms with van der Waals surface area (Å²) in [5.74, 6) is 1.82. The number of fused-ring (bicyclic) bond motifs is 1. The zero-order chi connectivity index (χ0) is 13.2. The highest BCUT2D eigenvalue weighted by molar-refractivity contribution is 5.98. The fourth-order valence-corrected chi connectivity index (χ4v) is 2.10. The Labute approximate surface area is 111 Å². The van der Waals surface area contributed by atoms with Crippen LogP contribution in [0.1, 0.15) is 11.5 Å². The van der Waals surface area contributed by atoms with Crippen molar-refractivity contribution >= 4 is 22.3 Å². The number of benzene rings is 1. The average molecular weight is 253 g/mol. The van der Waals surface area contributed by atoms with Crippen LogP contribution in [0.25, 0.3) is 10.9 Å². The lowest BCUT2D eigenvalue weighted by Gasteiger charge is -2.09. The fraction of sp³-hybridized carbons (Fsp3) is 0.133. The Morgan fingerprint density at radius 2 is 2.11 bits per heavy atom. The van der Waals surface area contributed by atoms with Gasteiger partial charge in [0, 0.05) is 17.3 Å². The van der Waals surface area contributed by atoms with Crippen LogP contribution in [0.2, 0.25) is 0 Å². The molecule has 3 N–H and O–H groups in total. The highest BCUT2D eigenvalue weighted by atomic mass is 16.3. The first-order valence-electron chi connectivity index (χ1n) is 6.16. The second-order valence-corrected chi connectivity index (χ2v) is 4.47. The van der Waals surface area contributed by atoms with Crippen LogP contribution in [0, 0.1) is 6.92 Å². The van der Waals surface area contributed by atoms with Gasteiger partial charge >= 0.3 is 0 Å². The van der Waals surface area contributed by atoms with Gasteiger partial charge < -0.3 is 15.5 Å². The third-order valence-electron chi connectivity index (χ3n) is 3.05. The number of rotatable bonds is 3. The summed E-state index contributed by atoms with van der Waals surface area (Å²) in [7, 11) is 0. The Morgan fingerprint density at radius 1 is 1.21 bits per heavy atom. The maximum atomic E-state index is 5.95. The van der Waals surface area contributed by atoms with Crippen LogP contribution >= 0.6 is 0 Å². The molecule has 0 aliphatic heterocycles. The number of hydrogen-bond acceptors (Lipinski definition) is 4. The zero-order valence-electron chi connectivity index (χ0n) is 10.7. The monoisotopic (exact) mass is 253 g/mol. The first-order chi connectivity index (χ1) is 9.24. The second-order valence-electron chi connectivity index (χ2n) is 4.47. The number of nitrogens with one attached hydrogen (secondary N) is 1. The van der Waals surface area contributed by atoms with Gasteiger partial charge in [-0.25, -0.2) is 0 Å². The van der Waals surface area contributed by atoms with Crippen LogP contribution in [0.4, 0.5) is 11.4 Å². The Kier molecular flexibility index (Phi) is 2.83. The number of aromatic nitrogens is 1. The lowest BCUT2D eigenvalue weighted by Crippen LogP contribution is -2.00. The van der Waals surface area contributed by atoms with E-state index in [1.807, 2.05) is 43.3 Å². The molecule has 0 radical (unpaired) electrons. The number of pyridine rings is 1. The maximum absolute atomic E-state index is 5.95. The number of furan rings is 1. The molecule has 0 aliphatic carbocycles. The predicted octanol–water partition coefficient (Wildman–Crippen LogP) is 3.33. The smallest absolute Gasteiger partial charge is 0.123 e. The number of nitrogens with two attached hydrogens (primary N) is 1. The van der Waals surface area contributed by atoms with Crippen molar-refractivity contribution in [1.29, 1.82) is 0 Å². The number of nitrogens with zero attached hydrogens (tertiary/aromatic N) is 1. The number of nitrogen functional groups attached to an aromatic ring is 1. The predicted molar refractivity (Wildman–Crippen MR) is 76.9 cm³/mol. The Balaban J connectivity index is 1.91. The molecule has 3 rings (SSSR count). The van der Waals surface area contributed by atoms with Gasteiger partial charge in [0.25, 0.3) is 0 Å². The SMILES string of the molecule is Cc1ccc(CNc2ccc(N)c3cccnc23)o1. The quantitative estimate of drug-likeness (QED) is 0.703. The van der Waals surface area contributed by atoms with Gasteiger partial charge in [-0.3, -0.25) is 4.98 Å². The van der Waals surface area contributed by atoms with E-state index in [2.05, 4.69) is 10.3 Å². The van der Waals surface area contributed by atoms with E-state index in [0.717, 1.165) is 33.8 Å². The summed E-state index contributed by atoms with van der Waals surface area (Å²) in [6.07, 6.45) is 1.77. The third-order valence-corrected chi connectivity index (χ3v) is 3.05. The lowest BCUT2D eigenvalue weighted by atomic mass is 10.1. The molecule has 4 nitrogen and oxygen atoms in total. The molecule has 0 bridgehead atoms. The van der Waals surface area contributed by atoms with Crippen molar-refractivity contribution in [2.45, 2.75) is 13.5 Å². The van der Waals surface area contributed by atoms with Crippen molar-refractivity contribution in [2.24, 2.45) is 0 Å². The summed E-state index contributed by atoms with van der Waals surface area (Å²) in [5.41, 5.74) is 8.53. The molecule has 0 aliphatic rings. The molecule has 0 amide bonds. The van der Waals surface area contributed by atoms with Crippen molar-refractivity contribution < 1.29 is 4.42 Å². The Morgan fingerprint density at radius 3 is 2.89 bits per heavy atom. The minimum absolute atomic E-state index is 0.628. The van der Waals surface area contributed by atoms with Crippen molar-refractivity contribution in [1.82, 2.24) is 4.98 Å². The van der Waals surface area contributed by atoms with Gasteiger partial charge in [-0.1, -0.05) is 0 Å². The van der Waals surface area contributed by atoms with Crippen LogP contribution in [0.15, 0.2) is 47.0 Å². The van der Waals surface area contributed by atoms with E-state index in [0.29, 0.717) is 6.54 Å². The summed E-state index contributed by atoms with van der Waals surface area (Å²) >= 11 is 0. The summed E-state index contributed by atoms with van der Waals surface area (Å²) in [5, 5.41) is 4.29. The van der Waals surface area contributed by atoms with Crippen LogP contribution in [-0.2, 0) is 6.54 Å². The summed E-state index contributed by atoms with van der Waals surface area (Å²) < 4.78 is 5.53. The Hall–Kier alpha value is -2.49. The maximum Gasteiger partial charge on any atom is 0.123 e. The minimum Gasteiger partial charge on any atom is -0.465 e. The molecule has 0 fully saturated rings. The van der Waals surface area contributed by atoms with Gasteiger partial charge in [0.2, 0.25) is 0 Å². The molecule has 2 aromatic heterocycles. The molecule has 0 saturated heterocycles. The van der Waals surface area contributed by atoms with E-state index in [-0.39, 0.29) is 0 Å². The van der Waals surface area contributed by atoms with Crippen molar-refractivity contribution in [3.63, 3.8) is 0 Å². The lowest BCUT2D eigenvalue weighted by molar-refractivity contribution is 0.490. The molecule has 1 aromatic carbocycles. The summed E-state index contributed by atoms with van der Waals surface area (Å²) in [6.45, 7) is 2.56. The van der Waals surface area contributed by atoms with Gasteiger partial charge in [-0.05, 0) is 43.3 Å². The molecule has 0 saturated carbocycles. The van der Waals surface area contributed by atoms with Crippen molar-refractivity contribution in [3.8, 4) is 0 Å². The third kappa shape index (κ3) is 2.25. The van der Waals surface area contributed by atoms with E-state index in [1.165, 1.54) is 0 Å². The number of hydrogen-bond donors (Lipinski definition) is 2. The molecule has 0 spiro atoms. The van der Waals surface area contributed by atoms with E-state index in [4.69, 9.17) is 10.2 Å². The van der Waals surface area contributed by atoms with Gasteiger partial charge in [-0.2, -0.15) is 0 Å². The minimum atomic E-state index is 0.628.